The van der Waals surface area contributed by atoms with Crippen molar-refractivity contribution in [1.82, 2.24) is 15.5 Å². The van der Waals surface area contributed by atoms with E-state index < -0.39 is 5.91 Å². The molecule has 166 valence electrons. The predicted octanol–water partition coefficient (Wildman–Crippen LogP) is 2.39. The number of rotatable bonds is 13. The van der Waals surface area contributed by atoms with E-state index in [1.165, 1.54) is 12.0 Å². The molecule has 1 aromatic carbocycles. The standard InChI is InChI=1S/C21H37N5O2.HI/c1-5-26(6-2)15-7-8-17(3)25-21(23-4)24-14-13-18-9-11-19(12-10-18)28-16-20(22)27;/h9-12,17H,5-8,13-16H2,1-4H3,(H2,22,27)(H2,23,24,25);1H. The summed E-state index contributed by atoms with van der Waals surface area (Å²) in [6.07, 6.45) is 3.16. The largest absolute Gasteiger partial charge is 0.484 e. The van der Waals surface area contributed by atoms with E-state index >= 15 is 0 Å². The minimum absolute atomic E-state index is 0. The average molecular weight is 519 g/mol. The van der Waals surface area contributed by atoms with Crippen LogP contribution < -0.4 is 21.1 Å². The molecule has 0 saturated carbocycles. The van der Waals surface area contributed by atoms with Gasteiger partial charge in [0.1, 0.15) is 5.75 Å². The summed E-state index contributed by atoms with van der Waals surface area (Å²) in [4.78, 5) is 17.5. The molecule has 1 unspecified atom stereocenters. The number of carbonyl (C=O) groups is 1. The van der Waals surface area contributed by atoms with Gasteiger partial charge in [0, 0.05) is 19.6 Å². The van der Waals surface area contributed by atoms with E-state index in [0.29, 0.717) is 11.8 Å². The minimum atomic E-state index is -0.477. The number of aliphatic imine (C=N–C) groups is 1. The van der Waals surface area contributed by atoms with E-state index in [-0.39, 0.29) is 30.6 Å². The summed E-state index contributed by atoms with van der Waals surface area (Å²) in [5, 5.41) is 6.82. The summed E-state index contributed by atoms with van der Waals surface area (Å²) in [5.41, 5.74) is 6.26. The van der Waals surface area contributed by atoms with Crippen LogP contribution in [-0.2, 0) is 11.2 Å². The van der Waals surface area contributed by atoms with Gasteiger partial charge in [-0.05, 0) is 63.5 Å². The van der Waals surface area contributed by atoms with Crippen molar-refractivity contribution in [3.63, 3.8) is 0 Å². The zero-order valence-electron chi connectivity index (χ0n) is 18.2. The maximum Gasteiger partial charge on any atom is 0.255 e. The zero-order chi connectivity index (χ0) is 20.8. The third kappa shape index (κ3) is 12.6. The van der Waals surface area contributed by atoms with E-state index in [0.717, 1.165) is 45.0 Å². The van der Waals surface area contributed by atoms with Crippen LogP contribution in [0.2, 0.25) is 0 Å². The molecule has 0 heterocycles. The lowest BCUT2D eigenvalue weighted by molar-refractivity contribution is -0.119. The van der Waals surface area contributed by atoms with Gasteiger partial charge in [0.25, 0.3) is 5.91 Å². The number of nitrogens with zero attached hydrogens (tertiary/aromatic N) is 2. The smallest absolute Gasteiger partial charge is 0.255 e. The van der Waals surface area contributed by atoms with Gasteiger partial charge in [0.15, 0.2) is 12.6 Å². The number of hydrogen-bond donors (Lipinski definition) is 3. The summed E-state index contributed by atoms with van der Waals surface area (Å²) < 4.78 is 5.27. The number of nitrogens with one attached hydrogen (secondary N) is 2. The number of guanidine groups is 1. The van der Waals surface area contributed by atoms with Crippen molar-refractivity contribution in [3.8, 4) is 5.75 Å². The molecule has 4 N–H and O–H groups in total. The number of carbonyl (C=O) groups excluding carboxylic acids is 1. The molecule has 1 amide bonds. The summed E-state index contributed by atoms with van der Waals surface area (Å²) in [6, 6.07) is 8.06. The van der Waals surface area contributed by atoms with Crippen LogP contribution in [0.25, 0.3) is 0 Å². The molecule has 0 saturated heterocycles. The summed E-state index contributed by atoms with van der Waals surface area (Å²) in [7, 11) is 1.79. The molecular formula is C21H38IN5O2. The van der Waals surface area contributed by atoms with Crippen molar-refractivity contribution < 1.29 is 9.53 Å². The van der Waals surface area contributed by atoms with Gasteiger partial charge in [-0.3, -0.25) is 9.79 Å². The molecule has 29 heavy (non-hydrogen) atoms. The van der Waals surface area contributed by atoms with E-state index in [1.54, 1.807) is 7.05 Å². The fraction of sp³-hybridized carbons (Fsp3) is 0.619. The van der Waals surface area contributed by atoms with Crippen molar-refractivity contribution in [2.45, 2.75) is 46.1 Å². The molecular weight excluding hydrogens is 481 g/mol. The van der Waals surface area contributed by atoms with E-state index in [1.807, 2.05) is 24.3 Å². The number of halogens is 1. The lowest BCUT2D eigenvalue weighted by Crippen LogP contribution is -2.43. The number of amides is 1. The van der Waals surface area contributed by atoms with Gasteiger partial charge in [-0.15, -0.1) is 24.0 Å². The van der Waals surface area contributed by atoms with Crippen LogP contribution in [0.5, 0.6) is 5.75 Å². The molecule has 0 radical (unpaired) electrons. The van der Waals surface area contributed by atoms with Crippen LogP contribution in [-0.4, -0.2) is 62.6 Å². The molecule has 0 aliphatic rings. The Bertz CT molecular complexity index is 591. The predicted molar refractivity (Wildman–Crippen MR) is 131 cm³/mol. The summed E-state index contributed by atoms with van der Waals surface area (Å²) in [6.45, 7) is 10.7. The molecule has 7 nitrogen and oxygen atoms in total. The normalized spacial score (nSPS) is 12.2. The molecule has 8 heteroatoms. The third-order valence-electron chi connectivity index (χ3n) is 4.62. The molecule has 0 aliphatic carbocycles. The Kier molecular flexibility index (Phi) is 15.4. The molecule has 0 aromatic heterocycles. The molecule has 1 rings (SSSR count). The molecule has 0 spiro atoms. The first-order chi connectivity index (χ1) is 13.5. The second-order valence-electron chi connectivity index (χ2n) is 6.86. The molecule has 1 aromatic rings. The Morgan fingerprint density at radius 3 is 2.45 bits per heavy atom. The third-order valence-corrected chi connectivity index (χ3v) is 4.62. The highest BCUT2D eigenvalue weighted by molar-refractivity contribution is 14.0. The quantitative estimate of drug-likeness (QED) is 0.212. The van der Waals surface area contributed by atoms with Crippen LogP contribution in [0.15, 0.2) is 29.3 Å². The fourth-order valence-corrected chi connectivity index (χ4v) is 2.89. The minimum Gasteiger partial charge on any atom is -0.484 e. The summed E-state index contributed by atoms with van der Waals surface area (Å²) >= 11 is 0. The Labute approximate surface area is 192 Å². The van der Waals surface area contributed by atoms with Gasteiger partial charge < -0.3 is 26.0 Å². The molecule has 0 bridgehead atoms. The van der Waals surface area contributed by atoms with E-state index in [2.05, 4.69) is 41.3 Å². The van der Waals surface area contributed by atoms with Crippen LogP contribution >= 0.6 is 24.0 Å². The lowest BCUT2D eigenvalue weighted by Gasteiger charge is -2.21. The Morgan fingerprint density at radius 2 is 1.90 bits per heavy atom. The van der Waals surface area contributed by atoms with Crippen LogP contribution in [0.1, 0.15) is 39.2 Å². The van der Waals surface area contributed by atoms with Gasteiger partial charge >= 0.3 is 0 Å². The van der Waals surface area contributed by atoms with Crippen molar-refractivity contribution >= 4 is 35.8 Å². The second-order valence-corrected chi connectivity index (χ2v) is 6.86. The highest BCUT2D eigenvalue weighted by atomic mass is 127. The number of ether oxygens (including phenoxy) is 1. The van der Waals surface area contributed by atoms with Crippen molar-refractivity contribution in [3.05, 3.63) is 29.8 Å². The maximum atomic E-state index is 10.7. The molecule has 1 atom stereocenters. The van der Waals surface area contributed by atoms with Gasteiger partial charge in [0.2, 0.25) is 0 Å². The van der Waals surface area contributed by atoms with Crippen LogP contribution in [0, 0.1) is 0 Å². The first-order valence-corrected chi connectivity index (χ1v) is 10.2. The van der Waals surface area contributed by atoms with Crippen LogP contribution in [0.3, 0.4) is 0 Å². The highest BCUT2D eigenvalue weighted by Gasteiger charge is 2.06. The zero-order valence-corrected chi connectivity index (χ0v) is 20.6. The number of primary amides is 1. The van der Waals surface area contributed by atoms with Crippen LogP contribution in [0.4, 0.5) is 0 Å². The number of hydrogen-bond acceptors (Lipinski definition) is 4. The van der Waals surface area contributed by atoms with E-state index in [9.17, 15) is 4.79 Å². The fourth-order valence-electron chi connectivity index (χ4n) is 2.89. The van der Waals surface area contributed by atoms with Crippen molar-refractivity contribution in [2.24, 2.45) is 10.7 Å². The first-order valence-electron chi connectivity index (χ1n) is 10.2. The topological polar surface area (TPSA) is 92.0 Å². The first kappa shape index (κ1) is 27.5. The SMILES string of the molecule is CCN(CC)CCCC(C)NC(=NC)NCCc1ccc(OCC(N)=O)cc1.I. The van der Waals surface area contributed by atoms with Gasteiger partial charge in [-0.1, -0.05) is 26.0 Å². The number of nitrogens with two attached hydrogens (primary N) is 1. The van der Waals surface area contributed by atoms with Gasteiger partial charge in [0.05, 0.1) is 0 Å². The van der Waals surface area contributed by atoms with Crippen molar-refractivity contribution in [1.29, 1.82) is 0 Å². The Hall–Kier alpha value is -1.55. The molecule has 0 fully saturated rings. The average Bonchev–Trinajstić information content (AvgIpc) is 2.69. The number of benzene rings is 1. The monoisotopic (exact) mass is 519 g/mol. The Balaban J connectivity index is 0.00000784. The Morgan fingerprint density at radius 1 is 1.24 bits per heavy atom. The second kappa shape index (κ2) is 16.3. The molecule has 0 aliphatic heterocycles. The maximum absolute atomic E-state index is 10.7. The van der Waals surface area contributed by atoms with Gasteiger partial charge in [-0.2, -0.15) is 0 Å². The van der Waals surface area contributed by atoms with E-state index in [4.69, 9.17) is 10.5 Å². The lowest BCUT2D eigenvalue weighted by atomic mass is 10.1. The summed E-state index contributed by atoms with van der Waals surface area (Å²) in [5.74, 6) is 0.998. The highest BCUT2D eigenvalue weighted by Crippen LogP contribution is 2.12. The van der Waals surface area contributed by atoms with Gasteiger partial charge in [-0.25, -0.2) is 0 Å². The van der Waals surface area contributed by atoms with Crippen molar-refractivity contribution in [2.75, 3.05) is 39.8 Å².